The van der Waals surface area contributed by atoms with Crippen LogP contribution < -0.4 is 0 Å². The molecule has 2 aromatic heterocycles. The SMILES string of the molecule is Cc1c(-c2nc(-c3ccccc3)nc(-c3ccccc3)n2)cc(-c2ccc3c(c2)Sc2ccccc2S3)cc1-c1nc(-c2ccccc2)nc(-c2ccccc2)n1. The highest BCUT2D eigenvalue weighted by Crippen LogP contribution is 2.49. The van der Waals surface area contributed by atoms with E-state index in [0.717, 1.165) is 50.1 Å². The van der Waals surface area contributed by atoms with Crippen LogP contribution >= 0.6 is 23.5 Å². The summed E-state index contributed by atoms with van der Waals surface area (Å²) >= 11 is 3.62. The van der Waals surface area contributed by atoms with Gasteiger partial charge in [0.25, 0.3) is 0 Å². The fourth-order valence-corrected chi connectivity index (χ4v) is 9.17. The summed E-state index contributed by atoms with van der Waals surface area (Å²) in [7, 11) is 0. The molecule has 0 spiro atoms. The van der Waals surface area contributed by atoms with Gasteiger partial charge in [-0.1, -0.05) is 163 Å². The number of benzene rings is 7. The number of hydrogen-bond acceptors (Lipinski definition) is 8. The second-order valence-electron chi connectivity index (χ2n) is 13.6. The summed E-state index contributed by atoms with van der Waals surface area (Å²) in [4.78, 5) is 35.7. The minimum absolute atomic E-state index is 0.570. The van der Waals surface area contributed by atoms with Crippen molar-refractivity contribution in [3.8, 4) is 79.5 Å². The maximum atomic E-state index is 5.17. The van der Waals surface area contributed by atoms with Crippen molar-refractivity contribution in [1.82, 2.24) is 29.9 Å². The minimum atomic E-state index is 0.570. The zero-order valence-corrected chi connectivity index (χ0v) is 32.4. The Morgan fingerprint density at radius 2 is 0.614 bits per heavy atom. The first kappa shape index (κ1) is 34.7. The molecule has 0 N–H and O–H groups in total. The first-order valence-electron chi connectivity index (χ1n) is 18.6. The van der Waals surface area contributed by atoms with Crippen molar-refractivity contribution < 1.29 is 0 Å². The predicted molar refractivity (Wildman–Crippen MR) is 231 cm³/mol. The van der Waals surface area contributed by atoms with Crippen molar-refractivity contribution in [3.05, 3.63) is 181 Å². The molecule has 0 fully saturated rings. The van der Waals surface area contributed by atoms with Gasteiger partial charge in [0, 0.05) is 53.0 Å². The van der Waals surface area contributed by atoms with E-state index in [1.165, 1.54) is 19.6 Å². The molecule has 10 rings (SSSR count). The van der Waals surface area contributed by atoms with Crippen LogP contribution in [0.15, 0.2) is 196 Å². The lowest BCUT2D eigenvalue weighted by Gasteiger charge is -2.20. The molecule has 3 heterocycles. The molecule has 57 heavy (non-hydrogen) atoms. The molecule has 0 unspecified atom stereocenters. The monoisotopic (exact) mass is 768 g/mol. The lowest BCUT2D eigenvalue weighted by molar-refractivity contribution is 1.06. The van der Waals surface area contributed by atoms with Crippen LogP contribution in [-0.4, -0.2) is 29.9 Å². The standard InChI is InChI=1S/C49H32N6S2/c1-31-38(48-52-44(32-16-6-2-7-17-32)50-45(53-48)33-18-8-3-9-19-33)28-37(36-26-27-42-43(30-36)57-41-25-15-14-24-40(41)56-42)29-39(31)49-54-46(34-20-10-4-11-21-34)51-47(55-49)35-22-12-5-13-23-35/h2-30H,1H3. The molecule has 0 atom stereocenters. The molecule has 0 radical (unpaired) electrons. The fourth-order valence-electron chi connectivity index (χ4n) is 6.91. The number of hydrogen-bond donors (Lipinski definition) is 0. The Kier molecular flexibility index (Phi) is 9.18. The maximum Gasteiger partial charge on any atom is 0.164 e. The Morgan fingerprint density at radius 3 is 1.02 bits per heavy atom. The molecule has 9 aromatic rings. The third-order valence-electron chi connectivity index (χ3n) is 9.85. The van der Waals surface area contributed by atoms with Crippen LogP contribution in [0.1, 0.15) is 5.56 Å². The highest BCUT2D eigenvalue weighted by atomic mass is 32.2. The summed E-state index contributed by atoms with van der Waals surface area (Å²) in [5.74, 6) is 3.55. The third-order valence-corrected chi connectivity index (χ3v) is 12.4. The van der Waals surface area contributed by atoms with Gasteiger partial charge in [0.1, 0.15) is 0 Å². The van der Waals surface area contributed by atoms with Crippen molar-refractivity contribution in [3.63, 3.8) is 0 Å². The van der Waals surface area contributed by atoms with Gasteiger partial charge in [-0.05, 0) is 60.0 Å². The average molecular weight is 769 g/mol. The number of nitrogens with zero attached hydrogens (tertiary/aromatic N) is 6. The van der Waals surface area contributed by atoms with Gasteiger partial charge in [0.15, 0.2) is 34.9 Å². The summed E-state index contributed by atoms with van der Waals surface area (Å²) in [6.07, 6.45) is 0. The second kappa shape index (κ2) is 15.1. The van der Waals surface area contributed by atoms with E-state index in [2.05, 4.69) is 61.5 Å². The van der Waals surface area contributed by atoms with E-state index in [9.17, 15) is 0 Å². The molecule has 1 aliphatic heterocycles. The Balaban J connectivity index is 1.21. The normalized spacial score (nSPS) is 11.8. The first-order valence-corrected chi connectivity index (χ1v) is 20.2. The molecule has 0 saturated heterocycles. The van der Waals surface area contributed by atoms with E-state index in [1.54, 1.807) is 0 Å². The largest absolute Gasteiger partial charge is 0.208 e. The van der Waals surface area contributed by atoms with Crippen LogP contribution in [0.5, 0.6) is 0 Å². The highest BCUT2D eigenvalue weighted by Gasteiger charge is 2.22. The zero-order valence-electron chi connectivity index (χ0n) is 30.7. The van der Waals surface area contributed by atoms with Crippen molar-refractivity contribution >= 4 is 23.5 Å². The van der Waals surface area contributed by atoms with E-state index < -0.39 is 0 Å². The van der Waals surface area contributed by atoms with Crippen molar-refractivity contribution in [2.45, 2.75) is 26.5 Å². The number of rotatable bonds is 7. The van der Waals surface area contributed by atoms with Crippen LogP contribution in [0, 0.1) is 6.92 Å². The van der Waals surface area contributed by atoms with E-state index in [4.69, 9.17) is 29.9 Å². The van der Waals surface area contributed by atoms with Crippen LogP contribution in [0.3, 0.4) is 0 Å². The molecule has 1 aliphatic rings. The molecule has 0 saturated carbocycles. The summed E-state index contributed by atoms with van der Waals surface area (Å²) in [6, 6.07) is 60.0. The lowest BCUT2D eigenvalue weighted by Crippen LogP contribution is -2.04. The maximum absolute atomic E-state index is 5.17. The average Bonchev–Trinajstić information content (AvgIpc) is 3.29. The molecule has 0 bridgehead atoms. The topological polar surface area (TPSA) is 77.3 Å². The van der Waals surface area contributed by atoms with Crippen LogP contribution in [0.4, 0.5) is 0 Å². The van der Waals surface area contributed by atoms with Gasteiger partial charge in [-0.15, -0.1) is 0 Å². The molecule has 8 heteroatoms. The second-order valence-corrected chi connectivity index (χ2v) is 15.8. The van der Waals surface area contributed by atoms with Gasteiger partial charge < -0.3 is 0 Å². The van der Waals surface area contributed by atoms with Crippen molar-refractivity contribution in [2.75, 3.05) is 0 Å². The van der Waals surface area contributed by atoms with Crippen LogP contribution in [0.2, 0.25) is 0 Å². The Labute approximate surface area is 339 Å². The van der Waals surface area contributed by atoms with Gasteiger partial charge in [-0.2, -0.15) is 0 Å². The van der Waals surface area contributed by atoms with Gasteiger partial charge in [0.2, 0.25) is 0 Å². The third kappa shape index (κ3) is 7.01. The van der Waals surface area contributed by atoms with Gasteiger partial charge in [-0.25, -0.2) is 29.9 Å². The smallest absolute Gasteiger partial charge is 0.164 e. The Bertz CT molecular complexity index is 2640. The van der Waals surface area contributed by atoms with E-state index in [0.29, 0.717) is 34.9 Å². The molecule has 270 valence electrons. The van der Waals surface area contributed by atoms with Crippen LogP contribution in [0.25, 0.3) is 79.5 Å². The molecule has 7 aromatic carbocycles. The number of fused-ring (bicyclic) bond motifs is 2. The first-order chi connectivity index (χ1) is 28.1. The summed E-state index contributed by atoms with van der Waals surface area (Å²) in [5.41, 5.74) is 8.41. The highest BCUT2D eigenvalue weighted by molar-refractivity contribution is 8.05. The quantitative estimate of drug-likeness (QED) is 0.159. The summed E-state index contributed by atoms with van der Waals surface area (Å²) in [5, 5.41) is 0. The van der Waals surface area contributed by atoms with Crippen LogP contribution in [-0.2, 0) is 0 Å². The van der Waals surface area contributed by atoms with E-state index in [1.807, 2.05) is 145 Å². The molecular weight excluding hydrogens is 737 g/mol. The van der Waals surface area contributed by atoms with Gasteiger partial charge >= 0.3 is 0 Å². The van der Waals surface area contributed by atoms with Gasteiger partial charge in [-0.3, -0.25) is 0 Å². The minimum Gasteiger partial charge on any atom is -0.208 e. The molecule has 0 aliphatic carbocycles. The molecular formula is C49H32N6S2. The Morgan fingerprint density at radius 1 is 0.281 bits per heavy atom. The lowest BCUT2D eigenvalue weighted by atomic mass is 9.94. The predicted octanol–water partition coefficient (Wildman–Crippen LogP) is 12.6. The van der Waals surface area contributed by atoms with Crippen molar-refractivity contribution in [1.29, 1.82) is 0 Å². The molecule has 0 amide bonds. The van der Waals surface area contributed by atoms with E-state index >= 15 is 0 Å². The van der Waals surface area contributed by atoms with E-state index in [-0.39, 0.29) is 0 Å². The summed E-state index contributed by atoms with van der Waals surface area (Å²) in [6.45, 7) is 2.10. The summed E-state index contributed by atoms with van der Waals surface area (Å²) < 4.78 is 0. The number of aromatic nitrogens is 6. The van der Waals surface area contributed by atoms with Gasteiger partial charge in [0.05, 0.1) is 0 Å². The Hall–Kier alpha value is -6.74. The molecule has 6 nitrogen and oxygen atoms in total. The van der Waals surface area contributed by atoms with Crippen molar-refractivity contribution in [2.24, 2.45) is 0 Å². The zero-order chi connectivity index (χ0) is 38.1. The fraction of sp³-hybridized carbons (Fsp3) is 0.0204.